The molecule has 3 heterocycles. The minimum Gasteiger partial charge on any atom is -0.333 e. The SMILES string of the molecule is c1ccc2c(c#1)C1C=CC=CC1N2c1ccc(-c2cc3c4c(c2)N(c2ccccc2)c2ccccc2B4c2ccccc2N3c2ccccc2)cc1. The van der Waals surface area contributed by atoms with Crippen molar-refractivity contribution in [3.63, 3.8) is 0 Å². The first-order chi connectivity index (χ1) is 25.8. The molecule has 242 valence electrons. The van der Waals surface area contributed by atoms with Gasteiger partial charge in [0, 0.05) is 51.3 Å². The number of fused-ring (bicyclic) bond motifs is 7. The number of rotatable bonds is 4. The first kappa shape index (κ1) is 29.1. The summed E-state index contributed by atoms with van der Waals surface area (Å²) in [7, 11) is 0. The Hall–Kier alpha value is -6.70. The molecule has 2 unspecified atom stereocenters. The summed E-state index contributed by atoms with van der Waals surface area (Å²) in [5.74, 6) is 0.275. The van der Waals surface area contributed by atoms with Crippen molar-refractivity contribution in [1.82, 2.24) is 0 Å². The molecule has 0 N–H and O–H groups in total. The Balaban J connectivity index is 1.13. The predicted molar refractivity (Wildman–Crippen MR) is 217 cm³/mol. The Morgan fingerprint density at radius 2 is 1.06 bits per heavy atom. The van der Waals surface area contributed by atoms with E-state index < -0.39 is 0 Å². The third-order valence-corrected chi connectivity index (χ3v) is 11.2. The number of para-hydroxylation sites is 4. The highest BCUT2D eigenvalue weighted by molar-refractivity contribution is 7.00. The van der Waals surface area contributed by atoms with Gasteiger partial charge in [0.2, 0.25) is 0 Å². The van der Waals surface area contributed by atoms with Crippen LogP contribution in [-0.2, 0) is 0 Å². The van der Waals surface area contributed by atoms with E-state index in [-0.39, 0.29) is 18.7 Å². The first-order valence-electron chi connectivity index (χ1n) is 18.1. The minimum absolute atomic E-state index is 0.101. The second-order valence-electron chi connectivity index (χ2n) is 13.9. The highest BCUT2D eigenvalue weighted by Gasteiger charge is 2.43. The highest BCUT2D eigenvalue weighted by Crippen LogP contribution is 2.48. The number of allylic oxidation sites excluding steroid dienone is 2. The lowest BCUT2D eigenvalue weighted by Gasteiger charge is -2.44. The van der Waals surface area contributed by atoms with E-state index >= 15 is 0 Å². The largest absolute Gasteiger partial charge is 0.333 e. The van der Waals surface area contributed by atoms with E-state index in [1.54, 1.807) is 0 Å². The first-order valence-corrected chi connectivity index (χ1v) is 18.1. The van der Waals surface area contributed by atoms with Crippen LogP contribution in [0, 0.1) is 12.1 Å². The Morgan fingerprint density at radius 3 is 1.69 bits per heavy atom. The smallest absolute Gasteiger partial charge is 0.252 e. The second kappa shape index (κ2) is 11.4. The van der Waals surface area contributed by atoms with Crippen LogP contribution in [0.3, 0.4) is 0 Å². The van der Waals surface area contributed by atoms with E-state index in [0.29, 0.717) is 0 Å². The van der Waals surface area contributed by atoms with Crippen molar-refractivity contribution >= 4 is 68.6 Å². The molecule has 0 aromatic heterocycles. The van der Waals surface area contributed by atoms with Gasteiger partial charge in [-0.05, 0) is 100 Å². The lowest BCUT2D eigenvalue weighted by molar-refractivity contribution is 0.745. The summed E-state index contributed by atoms with van der Waals surface area (Å²) in [6.45, 7) is 0.101. The summed E-state index contributed by atoms with van der Waals surface area (Å²) in [4.78, 5) is 7.40. The van der Waals surface area contributed by atoms with Crippen LogP contribution in [0.15, 0.2) is 182 Å². The van der Waals surface area contributed by atoms with E-state index in [1.165, 1.54) is 67.2 Å². The maximum absolute atomic E-state index is 3.42. The van der Waals surface area contributed by atoms with Gasteiger partial charge in [-0.15, -0.1) is 0 Å². The number of nitrogens with zero attached hydrogens (tertiary/aromatic N) is 3. The zero-order valence-corrected chi connectivity index (χ0v) is 28.4. The van der Waals surface area contributed by atoms with Gasteiger partial charge in [0.25, 0.3) is 6.71 Å². The average Bonchev–Trinajstić information content (AvgIpc) is 3.55. The van der Waals surface area contributed by atoms with Gasteiger partial charge in [-0.2, -0.15) is 0 Å². The van der Waals surface area contributed by atoms with E-state index in [9.17, 15) is 0 Å². The van der Waals surface area contributed by atoms with Gasteiger partial charge in [0.15, 0.2) is 0 Å². The molecular formula is C48H32BN3. The lowest BCUT2D eigenvalue weighted by Crippen LogP contribution is -2.61. The highest BCUT2D eigenvalue weighted by atomic mass is 15.2. The fourth-order valence-corrected chi connectivity index (χ4v) is 9.03. The number of anilines is 8. The number of hydrogen-bond acceptors (Lipinski definition) is 3. The monoisotopic (exact) mass is 661 g/mol. The van der Waals surface area contributed by atoms with Crippen LogP contribution >= 0.6 is 0 Å². The summed E-state index contributed by atoms with van der Waals surface area (Å²) >= 11 is 0. The zero-order chi connectivity index (χ0) is 34.2. The van der Waals surface area contributed by atoms with Crippen molar-refractivity contribution in [3.05, 3.63) is 200 Å². The van der Waals surface area contributed by atoms with E-state index in [4.69, 9.17) is 0 Å². The molecule has 0 bridgehead atoms. The average molecular weight is 662 g/mol. The molecule has 1 aliphatic carbocycles. The zero-order valence-electron chi connectivity index (χ0n) is 28.4. The molecule has 2 atom stereocenters. The molecule has 0 radical (unpaired) electrons. The van der Waals surface area contributed by atoms with E-state index in [2.05, 4.69) is 203 Å². The van der Waals surface area contributed by atoms with Crippen LogP contribution in [0.4, 0.5) is 45.5 Å². The van der Waals surface area contributed by atoms with Crippen LogP contribution in [0.25, 0.3) is 11.1 Å². The van der Waals surface area contributed by atoms with Crippen LogP contribution < -0.4 is 31.1 Å². The predicted octanol–water partition coefficient (Wildman–Crippen LogP) is 9.77. The molecular weight excluding hydrogens is 629 g/mol. The Bertz CT molecular complexity index is 2450. The lowest BCUT2D eigenvalue weighted by atomic mass is 9.33. The maximum Gasteiger partial charge on any atom is 0.252 e. The molecule has 0 saturated carbocycles. The van der Waals surface area contributed by atoms with Crippen molar-refractivity contribution < 1.29 is 0 Å². The molecule has 0 fully saturated rings. The molecule has 11 rings (SSSR count). The van der Waals surface area contributed by atoms with Crippen molar-refractivity contribution in [1.29, 1.82) is 0 Å². The van der Waals surface area contributed by atoms with Crippen molar-refractivity contribution in [3.8, 4) is 11.1 Å². The topological polar surface area (TPSA) is 9.72 Å². The molecule has 4 aliphatic rings. The van der Waals surface area contributed by atoms with Crippen LogP contribution in [-0.4, -0.2) is 12.8 Å². The van der Waals surface area contributed by atoms with Gasteiger partial charge in [-0.1, -0.05) is 121 Å². The molecule has 0 saturated heterocycles. The third-order valence-electron chi connectivity index (χ3n) is 11.2. The minimum atomic E-state index is 0.101. The summed E-state index contributed by atoms with van der Waals surface area (Å²) in [6, 6.07) is 64.5. The maximum atomic E-state index is 3.42. The molecule has 7 aromatic carbocycles. The fourth-order valence-electron chi connectivity index (χ4n) is 9.03. The van der Waals surface area contributed by atoms with Crippen LogP contribution in [0.2, 0.25) is 0 Å². The van der Waals surface area contributed by atoms with E-state index in [1.807, 2.05) is 6.07 Å². The standard InChI is InChI=1S/C48H32BN3/c1-3-15-35(16-4-1)51-44-25-13-9-21-40(44)49-41-22-10-14-26-45(41)52(36-17-5-2-6-18-36)47-32-34(31-46(51)48(47)49)33-27-29-37(30-28-33)50-42-23-11-7-19-38(42)39-20-8-12-24-43(39)50/h1-7,9-19,21-32,38,42H. The summed E-state index contributed by atoms with van der Waals surface area (Å²) in [6.07, 6.45) is 8.92. The van der Waals surface area contributed by atoms with Crippen LogP contribution in [0.1, 0.15) is 11.5 Å². The van der Waals surface area contributed by atoms with E-state index in [0.717, 1.165) is 11.4 Å². The fraction of sp³-hybridized carbons (Fsp3) is 0.0417. The van der Waals surface area contributed by atoms with Gasteiger partial charge in [-0.25, -0.2) is 0 Å². The summed E-state index contributed by atoms with van der Waals surface area (Å²) in [5.41, 5.74) is 17.1. The van der Waals surface area contributed by atoms with Gasteiger partial charge >= 0.3 is 0 Å². The van der Waals surface area contributed by atoms with Gasteiger partial charge < -0.3 is 14.7 Å². The van der Waals surface area contributed by atoms with Gasteiger partial charge in [0.05, 0.1) is 11.7 Å². The van der Waals surface area contributed by atoms with Crippen molar-refractivity contribution in [2.45, 2.75) is 12.0 Å². The molecule has 3 aliphatic heterocycles. The number of hydrogen-bond donors (Lipinski definition) is 0. The second-order valence-corrected chi connectivity index (χ2v) is 13.9. The van der Waals surface area contributed by atoms with Gasteiger partial charge in [0.1, 0.15) is 0 Å². The molecule has 7 aromatic rings. The normalized spacial score (nSPS) is 17.2. The molecule has 0 spiro atoms. The molecule has 52 heavy (non-hydrogen) atoms. The Labute approximate surface area is 305 Å². The quantitative estimate of drug-likeness (QED) is 0.174. The summed E-state index contributed by atoms with van der Waals surface area (Å²) in [5, 5.41) is 0. The third kappa shape index (κ3) is 4.23. The number of benzene rings is 6. The molecule has 0 amide bonds. The molecule has 4 heteroatoms. The molecule has 3 nitrogen and oxygen atoms in total. The Morgan fingerprint density at radius 1 is 0.481 bits per heavy atom. The van der Waals surface area contributed by atoms with Crippen LogP contribution in [0.5, 0.6) is 0 Å². The van der Waals surface area contributed by atoms with Crippen molar-refractivity contribution in [2.24, 2.45) is 0 Å². The Kier molecular flexibility index (Phi) is 6.38. The van der Waals surface area contributed by atoms with Crippen molar-refractivity contribution in [2.75, 3.05) is 14.7 Å². The summed E-state index contributed by atoms with van der Waals surface area (Å²) < 4.78 is 0. The van der Waals surface area contributed by atoms with Gasteiger partial charge in [-0.3, -0.25) is 0 Å².